The van der Waals surface area contributed by atoms with Crippen molar-refractivity contribution in [3.63, 3.8) is 0 Å². The van der Waals surface area contributed by atoms with Crippen molar-refractivity contribution in [3.8, 4) is 0 Å². The monoisotopic (exact) mass is 347 g/mol. The summed E-state index contributed by atoms with van der Waals surface area (Å²) in [6, 6.07) is 4.85. The normalized spacial score (nSPS) is 19.7. The van der Waals surface area contributed by atoms with E-state index in [9.17, 15) is 8.42 Å². The molecule has 0 aliphatic carbocycles. The molecule has 1 aliphatic rings. The van der Waals surface area contributed by atoms with E-state index in [4.69, 9.17) is 5.73 Å². The first kappa shape index (κ1) is 16.8. The molecule has 2 rings (SSSR count). The molecule has 1 unspecified atom stereocenters. The lowest BCUT2D eigenvalue weighted by molar-refractivity contribution is 0.521. The van der Waals surface area contributed by atoms with Crippen molar-refractivity contribution >= 4 is 44.9 Å². The Kier molecular flexibility index (Phi) is 5.70. The molecule has 1 aromatic rings. The molecule has 8 heteroatoms. The topological polar surface area (TPSA) is 75.4 Å². The van der Waals surface area contributed by atoms with Gasteiger partial charge in [0, 0.05) is 43.1 Å². The van der Waals surface area contributed by atoms with Crippen molar-refractivity contribution in [2.45, 2.75) is 10.1 Å². The summed E-state index contributed by atoms with van der Waals surface area (Å²) in [7, 11) is -0.414. The second kappa shape index (κ2) is 7.13. The van der Waals surface area contributed by atoms with Gasteiger partial charge in [0.15, 0.2) is 0 Å². The first-order chi connectivity index (χ1) is 9.91. The molecule has 1 atom stereocenters. The Balaban J connectivity index is 2.05. The van der Waals surface area contributed by atoms with E-state index >= 15 is 0 Å². The van der Waals surface area contributed by atoms with E-state index in [1.807, 2.05) is 23.5 Å². The fraction of sp³-hybridized carbons (Fsp3) is 0.538. The van der Waals surface area contributed by atoms with Crippen LogP contribution < -0.4 is 11.1 Å². The lowest BCUT2D eigenvalue weighted by Crippen LogP contribution is -2.24. The zero-order valence-corrected chi connectivity index (χ0v) is 14.7. The van der Waals surface area contributed by atoms with Crippen LogP contribution in [0.15, 0.2) is 23.1 Å². The maximum atomic E-state index is 12.0. The average molecular weight is 348 g/mol. The zero-order chi connectivity index (χ0) is 15.5. The molecule has 0 amide bonds. The summed E-state index contributed by atoms with van der Waals surface area (Å²) < 4.78 is 25.3. The number of rotatable bonds is 5. The molecule has 1 aliphatic heterocycles. The Morgan fingerprint density at radius 2 is 2.14 bits per heavy atom. The van der Waals surface area contributed by atoms with E-state index in [1.165, 1.54) is 36.0 Å². The second-order valence-electron chi connectivity index (χ2n) is 4.99. The van der Waals surface area contributed by atoms with Crippen LogP contribution in [0.4, 0.5) is 11.4 Å². The zero-order valence-electron chi connectivity index (χ0n) is 12.2. The van der Waals surface area contributed by atoms with Crippen molar-refractivity contribution < 1.29 is 8.42 Å². The molecular formula is C13H21N3O2S3. The van der Waals surface area contributed by atoms with Crippen LogP contribution in [0.5, 0.6) is 0 Å². The number of hydrogen-bond donors (Lipinski definition) is 2. The van der Waals surface area contributed by atoms with Gasteiger partial charge >= 0.3 is 0 Å². The Bertz CT molecular complexity index is 584. The number of nitrogen functional groups attached to an aromatic ring is 1. The van der Waals surface area contributed by atoms with Crippen molar-refractivity contribution in [1.82, 2.24) is 4.31 Å². The van der Waals surface area contributed by atoms with Crippen LogP contribution in [0, 0.1) is 0 Å². The summed E-state index contributed by atoms with van der Waals surface area (Å²) in [5, 5.41) is 3.90. The van der Waals surface area contributed by atoms with E-state index in [2.05, 4.69) is 5.32 Å². The first-order valence-electron chi connectivity index (χ1n) is 6.66. The number of sulfonamides is 1. The highest BCUT2D eigenvalue weighted by Crippen LogP contribution is 2.27. The molecule has 0 bridgehead atoms. The lowest BCUT2D eigenvalue weighted by atomic mass is 10.2. The quantitative estimate of drug-likeness (QED) is 0.791. The third-order valence-corrected chi connectivity index (χ3v) is 7.86. The Morgan fingerprint density at radius 1 is 1.38 bits per heavy atom. The van der Waals surface area contributed by atoms with Gasteiger partial charge in [-0.25, -0.2) is 12.7 Å². The van der Waals surface area contributed by atoms with Gasteiger partial charge in [0.2, 0.25) is 10.0 Å². The van der Waals surface area contributed by atoms with Crippen LogP contribution in [0.3, 0.4) is 0 Å². The van der Waals surface area contributed by atoms with Crippen LogP contribution in [0.25, 0.3) is 0 Å². The van der Waals surface area contributed by atoms with Crippen molar-refractivity contribution in [2.75, 3.05) is 48.9 Å². The summed E-state index contributed by atoms with van der Waals surface area (Å²) >= 11 is 3.95. The van der Waals surface area contributed by atoms with E-state index in [0.29, 0.717) is 10.9 Å². The molecule has 1 saturated heterocycles. The highest BCUT2D eigenvalue weighted by molar-refractivity contribution is 8.06. The number of thioether (sulfide) groups is 2. The van der Waals surface area contributed by atoms with E-state index < -0.39 is 10.0 Å². The minimum absolute atomic E-state index is 0.221. The predicted octanol–water partition coefficient (Wildman–Crippen LogP) is 1.78. The molecule has 21 heavy (non-hydrogen) atoms. The third kappa shape index (κ3) is 4.21. The smallest absolute Gasteiger partial charge is 0.242 e. The van der Waals surface area contributed by atoms with Gasteiger partial charge < -0.3 is 11.1 Å². The van der Waals surface area contributed by atoms with Gasteiger partial charge in [0.25, 0.3) is 0 Å². The maximum Gasteiger partial charge on any atom is 0.242 e. The molecule has 0 aromatic heterocycles. The number of nitrogens with zero attached hydrogens (tertiary/aromatic N) is 1. The SMILES string of the molecule is CN(C)S(=O)(=O)c1ccc(NCC2CSCCS2)c(N)c1. The molecule has 1 fully saturated rings. The fourth-order valence-electron chi connectivity index (χ4n) is 1.95. The molecule has 0 spiro atoms. The standard InChI is InChI=1S/C13H21N3O2S3/c1-16(2)21(17,18)11-3-4-13(12(14)7-11)15-8-10-9-19-5-6-20-10/h3-4,7,10,15H,5-6,8-9,14H2,1-2H3. The van der Waals surface area contributed by atoms with Crippen LogP contribution >= 0.6 is 23.5 Å². The summed E-state index contributed by atoms with van der Waals surface area (Å²) in [6.45, 7) is 0.849. The van der Waals surface area contributed by atoms with E-state index in [0.717, 1.165) is 18.0 Å². The maximum absolute atomic E-state index is 12.0. The van der Waals surface area contributed by atoms with Crippen molar-refractivity contribution in [2.24, 2.45) is 0 Å². The highest BCUT2D eigenvalue weighted by Gasteiger charge is 2.19. The molecular weight excluding hydrogens is 326 g/mol. The molecule has 1 aromatic carbocycles. The number of anilines is 2. The van der Waals surface area contributed by atoms with Gasteiger partial charge in [0.05, 0.1) is 16.3 Å². The van der Waals surface area contributed by atoms with Crippen LogP contribution in [-0.2, 0) is 10.0 Å². The van der Waals surface area contributed by atoms with Gasteiger partial charge in [-0.3, -0.25) is 0 Å². The van der Waals surface area contributed by atoms with Gasteiger partial charge in [0.1, 0.15) is 0 Å². The third-order valence-electron chi connectivity index (χ3n) is 3.21. The van der Waals surface area contributed by atoms with Gasteiger partial charge in [-0.1, -0.05) is 0 Å². The molecule has 1 heterocycles. The summed E-state index contributed by atoms with van der Waals surface area (Å²) in [6.07, 6.45) is 0. The molecule has 3 N–H and O–H groups in total. The average Bonchev–Trinajstić information content (AvgIpc) is 2.46. The van der Waals surface area contributed by atoms with Gasteiger partial charge in [-0.05, 0) is 18.2 Å². The van der Waals surface area contributed by atoms with Crippen LogP contribution in [0.2, 0.25) is 0 Å². The number of hydrogen-bond acceptors (Lipinski definition) is 6. The van der Waals surface area contributed by atoms with Gasteiger partial charge in [-0.2, -0.15) is 23.5 Å². The number of nitrogens with one attached hydrogen (secondary N) is 1. The van der Waals surface area contributed by atoms with Crippen LogP contribution in [-0.4, -0.2) is 55.9 Å². The summed E-state index contributed by atoms with van der Waals surface area (Å²) in [5.41, 5.74) is 7.24. The minimum atomic E-state index is -3.43. The van der Waals surface area contributed by atoms with Crippen molar-refractivity contribution in [1.29, 1.82) is 0 Å². The Labute approximate surface area is 135 Å². The highest BCUT2D eigenvalue weighted by atomic mass is 32.2. The Morgan fingerprint density at radius 3 is 2.71 bits per heavy atom. The molecule has 118 valence electrons. The second-order valence-corrected chi connectivity index (χ2v) is 9.70. The summed E-state index contributed by atoms with van der Waals surface area (Å²) in [4.78, 5) is 0.221. The molecule has 0 radical (unpaired) electrons. The number of benzene rings is 1. The molecule has 0 saturated carbocycles. The van der Waals surface area contributed by atoms with Crippen LogP contribution in [0.1, 0.15) is 0 Å². The van der Waals surface area contributed by atoms with Crippen molar-refractivity contribution in [3.05, 3.63) is 18.2 Å². The summed E-state index contributed by atoms with van der Waals surface area (Å²) in [5.74, 6) is 3.55. The first-order valence-corrected chi connectivity index (χ1v) is 10.3. The minimum Gasteiger partial charge on any atom is -0.397 e. The van der Waals surface area contributed by atoms with E-state index in [1.54, 1.807) is 12.1 Å². The van der Waals surface area contributed by atoms with Gasteiger partial charge in [-0.15, -0.1) is 0 Å². The molecule has 5 nitrogen and oxygen atoms in total. The lowest BCUT2D eigenvalue weighted by Gasteiger charge is -2.22. The predicted molar refractivity (Wildman–Crippen MR) is 93.8 cm³/mol. The largest absolute Gasteiger partial charge is 0.397 e. The Hall–Kier alpha value is -0.570. The number of nitrogens with two attached hydrogens (primary N) is 1. The fourth-order valence-corrected chi connectivity index (χ4v) is 5.50. The van der Waals surface area contributed by atoms with E-state index in [-0.39, 0.29) is 4.90 Å².